The van der Waals surface area contributed by atoms with Gasteiger partial charge in [-0.25, -0.2) is 14.6 Å². The summed E-state index contributed by atoms with van der Waals surface area (Å²) in [5.41, 5.74) is 1.63. The smallest absolute Gasteiger partial charge is 0.269 e. The van der Waals surface area contributed by atoms with E-state index in [0.29, 0.717) is 28.7 Å². The van der Waals surface area contributed by atoms with Crippen LogP contribution in [0.1, 0.15) is 16.2 Å². The molecule has 2 heterocycles. The molecule has 31 heavy (non-hydrogen) atoms. The zero-order chi connectivity index (χ0) is 21.8. The Morgan fingerprint density at radius 1 is 1.03 bits per heavy atom. The van der Waals surface area contributed by atoms with Crippen LogP contribution < -0.4 is 10.6 Å². The van der Waals surface area contributed by atoms with Crippen LogP contribution in [0.5, 0.6) is 0 Å². The molecular formula is C21H17N7O3. The van der Waals surface area contributed by atoms with E-state index in [9.17, 15) is 14.9 Å². The summed E-state index contributed by atoms with van der Waals surface area (Å²) in [6.07, 6.45) is 3.47. The van der Waals surface area contributed by atoms with Gasteiger partial charge in [0.25, 0.3) is 11.6 Å². The number of hydrogen-bond acceptors (Lipinski definition) is 7. The van der Waals surface area contributed by atoms with E-state index in [1.807, 2.05) is 6.07 Å². The summed E-state index contributed by atoms with van der Waals surface area (Å²) in [7, 11) is 0. The zero-order valence-electron chi connectivity index (χ0n) is 16.4. The largest absolute Gasteiger partial charge is 0.340 e. The number of nitrogens with one attached hydrogen (secondary N) is 2. The maximum atomic E-state index is 12.3. The molecule has 2 aromatic heterocycles. The number of benzene rings is 2. The molecule has 0 radical (unpaired) electrons. The molecule has 4 aromatic rings. The minimum Gasteiger partial charge on any atom is -0.340 e. The standard InChI is InChI=1S/C21H17N7O3/c1-14-23-19(13-20(24-14)27-12-2-11-22-27)25-16-5-7-17(8-6-16)26-21(29)15-3-9-18(10-4-15)28(30)31/h2-13H,1H3,(H,26,29)(H,23,24,25). The number of carbonyl (C=O) groups is 1. The Morgan fingerprint density at radius 3 is 2.39 bits per heavy atom. The summed E-state index contributed by atoms with van der Waals surface area (Å²) >= 11 is 0. The molecule has 0 unspecified atom stereocenters. The van der Waals surface area contributed by atoms with Gasteiger partial charge in [0.1, 0.15) is 11.6 Å². The summed E-state index contributed by atoms with van der Waals surface area (Å²) in [6, 6.07) is 16.1. The number of aryl methyl sites for hydroxylation is 1. The Hall–Kier alpha value is -4.60. The number of aromatic nitrogens is 4. The van der Waals surface area contributed by atoms with E-state index in [2.05, 4.69) is 25.7 Å². The molecule has 0 saturated heterocycles. The van der Waals surface area contributed by atoms with E-state index in [-0.39, 0.29) is 11.6 Å². The van der Waals surface area contributed by atoms with Gasteiger partial charge in [-0.2, -0.15) is 5.10 Å². The minimum atomic E-state index is -0.509. The first-order valence-electron chi connectivity index (χ1n) is 9.26. The van der Waals surface area contributed by atoms with Crippen molar-refractivity contribution in [1.82, 2.24) is 19.7 Å². The third-order valence-electron chi connectivity index (χ3n) is 4.32. The maximum Gasteiger partial charge on any atom is 0.269 e. The Morgan fingerprint density at radius 2 is 1.74 bits per heavy atom. The lowest BCUT2D eigenvalue weighted by Crippen LogP contribution is -2.11. The monoisotopic (exact) mass is 415 g/mol. The number of rotatable bonds is 6. The van der Waals surface area contributed by atoms with Gasteiger partial charge in [0.15, 0.2) is 5.82 Å². The number of nitro groups is 1. The van der Waals surface area contributed by atoms with Gasteiger partial charge in [-0.3, -0.25) is 14.9 Å². The van der Waals surface area contributed by atoms with E-state index in [4.69, 9.17) is 0 Å². The van der Waals surface area contributed by atoms with E-state index < -0.39 is 4.92 Å². The van der Waals surface area contributed by atoms with Crippen LogP contribution >= 0.6 is 0 Å². The Kier molecular flexibility index (Phi) is 5.35. The average Bonchev–Trinajstić information content (AvgIpc) is 3.30. The van der Waals surface area contributed by atoms with Crippen LogP contribution in [0.4, 0.5) is 22.9 Å². The van der Waals surface area contributed by atoms with Crippen molar-refractivity contribution in [3.05, 3.63) is 94.6 Å². The van der Waals surface area contributed by atoms with Crippen molar-refractivity contribution in [3.8, 4) is 5.82 Å². The van der Waals surface area contributed by atoms with Crippen LogP contribution in [0.3, 0.4) is 0 Å². The average molecular weight is 415 g/mol. The fourth-order valence-electron chi connectivity index (χ4n) is 2.86. The molecule has 2 aromatic carbocycles. The van der Waals surface area contributed by atoms with E-state index in [1.165, 1.54) is 24.3 Å². The molecule has 0 spiro atoms. The van der Waals surface area contributed by atoms with Crippen LogP contribution in [0.25, 0.3) is 5.82 Å². The number of non-ortho nitro benzene ring substituents is 1. The van der Waals surface area contributed by atoms with E-state index in [1.54, 1.807) is 54.3 Å². The van der Waals surface area contributed by atoms with Gasteiger partial charge in [-0.05, 0) is 49.4 Å². The molecule has 10 heteroatoms. The van der Waals surface area contributed by atoms with Crippen LogP contribution in [0, 0.1) is 17.0 Å². The number of anilines is 3. The molecule has 4 rings (SSSR count). The van der Waals surface area contributed by atoms with Crippen LogP contribution in [-0.2, 0) is 0 Å². The van der Waals surface area contributed by atoms with Gasteiger partial charge >= 0.3 is 0 Å². The molecule has 10 nitrogen and oxygen atoms in total. The minimum absolute atomic E-state index is 0.0670. The normalized spacial score (nSPS) is 10.5. The number of nitrogens with zero attached hydrogens (tertiary/aromatic N) is 5. The lowest BCUT2D eigenvalue weighted by atomic mass is 10.2. The van der Waals surface area contributed by atoms with E-state index >= 15 is 0 Å². The van der Waals surface area contributed by atoms with E-state index in [0.717, 1.165) is 5.69 Å². The summed E-state index contributed by atoms with van der Waals surface area (Å²) < 4.78 is 1.65. The van der Waals surface area contributed by atoms with Crippen molar-refractivity contribution in [2.75, 3.05) is 10.6 Å². The molecule has 0 aliphatic heterocycles. The van der Waals surface area contributed by atoms with Crippen molar-refractivity contribution in [2.24, 2.45) is 0 Å². The van der Waals surface area contributed by atoms with Crippen LogP contribution in [0.2, 0.25) is 0 Å². The third kappa shape index (κ3) is 4.70. The predicted molar refractivity (Wildman–Crippen MR) is 115 cm³/mol. The highest BCUT2D eigenvalue weighted by Crippen LogP contribution is 2.20. The molecule has 0 fully saturated rings. The van der Waals surface area contributed by atoms with Gasteiger partial charge in [-0.15, -0.1) is 0 Å². The fourth-order valence-corrected chi connectivity index (χ4v) is 2.86. The molecule has 0 aliphatic rings. The van der Waals surface area contributed by atoms with Crippen molar-refractivity contribution in [1.29, 1.82) is 0 Å². The number of hydrogen-bond donors (Lipinski definition) is 2. The number of carbonyl (C=O) groups excluding carboxylic acids is 1. The lowest BCUT2D eigenvalue weighted by molar-refractivity contribution is -0.384. The molecule has 2 N–H and O–H groups in total. The van der Waals surface area contributed by atoms with Gasteiger partial charge in [-0.1, -0.05) is 0 Å². The molecule has 1 amide bonds. The second kappa shape index (κ2) is 8.41. The van der Waals surface area contributed by atoms with Crippen LogP contribution in [0.15, 0.2) is 73.1 Å². The molecule has 0 saturated carbocycles. The van der Waals surface area contributed by atoms with Gasteiger partial charge in [0.2, 0.25) is 0 Å². The van der Waals surface area contributed by atoms with Gasteiger partial charge in [0, 0.05) is 47.5 Å². The third-order valence-corrected chi connectivity index (χ3v) is 4.32. The first-order chi connectivity index (χ1) is 15.0. The topological polar surface area (TPSA) is 128 Å². The molecule has 154 valence electrons. The number of amides is 1. The fraction of sp³-hybridized carbons (Fsp3) is 0.0476. The zero-order valence-corrected chi connectivity index (χ0v) is 16.4. The molecule has 0 atom stereocenters. The summed E-state index contributed by atoms with van der Waals surface area (Å²) in [5.74, 6) is 1.50. The highest BCUT2D eigenvalue weighted by atomic mass is 16.6. The molecular weight excluding hydrogens is 398 g/mol. The van der Waals surface area contributed by atoms with Crippen molar-refractivity contribution in [2.45, 2.75) is 6.92 Å². The van der Waals surface area contributed by atoms with Crippen molar-refractivity contribution >= 4 is 28.8 Å². The quantitative estimate of drug-likeness (QED) is 0.361. The molecule has 0 bridgehead atoms. The predicted octanol–water partition coefficient (Wildman–Crippen LogP) is 3.87. The summed E-state index contributed by atoms with van der Waals surface area (Å²) in [5, 5.41) is 20.9. The maximum absolute atomic E-state index is 12.3. The molecule has 0 aliphatic carbocycles. The van der Waals surface area contributed by atoms with Crippen molar-refractivity contribution in [3.63, 3.8) is 0 Å². The second-order valence-corrected chi connectivity index (χ2v) is 6.57. The SMILES string of the molecule is Cc1nc(Nc2ccc(NC(=O)c3ccc([N+](=O)[O-])cc3)cc2)cc(-n2cccn2)n1. The summed E-state index contributed by atoms with van der Waals surface area (Å²) in [4.78, 5) is 31.3. The lowest BCUT2D eigenvalue weighted by Gasteiger charge is -2.10. The number of nitro benzene ring substituents is 1. The first kappa shape index (κ1) is 19.7. The second-order valence-electron chi connectivity index (χ2n) is 6.57. The Bertz CT molecular complexity index is 1220. The Labute approximate surface area is 176 Å². The Balaban J connectivity index is 1.44. The summed E-state index contributed by atoms with van der Waals surface area (Å²) in [6.45, 7) is 1.80. The van der Waals surface area contributed by atoms with Crippen LogP contribution in [-0.4, -0.2) is 30.6 Å². The van der Waals surface area contributed by atoms with Gasteiger partial charge < -0.3 is 10.6 Å². The van der Waals surface area contributed by atoms with Gasteiger partial charge in [0.05, 0.1) is 4.92 Å². The highest BCUT2D eigenvalue weighted by molar-refractivity contribution is 6.04. The highest BCUT2D eigenvalue weighted by Gasteiger charge is 2.10. The first-order valence-corrected chi connectivity index (χ1v) is 9.26. The van der Waals surface area contributed by atoms with Crippen molar-refractivity contribution < 1.29 is 9.72 Å².